The van der Waals surface area contributed by atoms with Crippen molar-refractivity contribution in [2.75, 3.05) is 12.4 Å². The Morgan fingerprint density at radius 2 is 2.16 bits per heavy atom. The molecule has 2 heterocycles. The minimum absolute atomic E-state index is 0.123. The molecule has 2 rings (SSSR count). The van der Waals surface area contributed by atoms with Crippen molar-refractivity contribution < 1.29 is 4.79 Å². The molecule has 1 unspecified atom stereocenters. The first kappa shape index (κ1) is 14.4. The summed E-state index contributed by atoms with van der Waals surface area (Å²) >= 11 is 5.86. The van der Waals surface area contributed by atoms with Gasteiger partial charge in [-0.3, -0.25) is 9.48 Å². The van der Waals surface area contributed by atoms with Crippen LogP contribution in [0.3, 0.4) is 0 Å². The summed E-state index contributed by atoms with van der Waals surface area (Å²) in [7, 11) is 1.88. The molecule has 1 aliphatic heterocycles. The lowest BCUT2D eigenvalue weighted by atomic mass is 9.98. The Morgan fingerprint density at radius 1 is 1.42 bits per heavy atom. The molecule has 0 radical (unpaired) electrons. The van der Waals surface area contributed by atoms with Crippen molar-refractivity contribution >= 4 is 17.5 Å². The second-order valence-corrected chi connectivity index (χ2v) is 5.67. The van der Waals surface area contributed by atoms with Gasteiger partial charge in [-0.25, -0.2) is 0 Å². The van der Waals surface area contributed by atoms with Gasteiger partial charge in [-0.15, -0.1) is 11.6 Å². The normalized spacial score (nSPS) is 19.8. The van der Waals surface area contributed by atoms with Crippen molar-refractivity contribution in [1.82, 2.24) is 14.7 Å². The molecule has 5 heteroatoms. The predicted octanol–water partition coefficient (Wildman–Crippen LogP) is 2.66. The quantitative estimate of drug-likeness (QED) is 0.800. The van der Waals surface area contributed by atoms with Crippen LogP contribution in [0.4, 0.5) is 0 Å². The van der Waals surface area contributed by atoms with E-state index >= 15 is 0 Å². The molecule has 0 aromatic carbocycles. The number of aryl methyl sites for hydroxylation is 2. The number of hydrogen-bond acceptors (Lipinski definition) is 2. The molecule has 1 amide bonds. The third kappa shape index (κ3) is 2.78. The lowest BCUT2D eigenvalue weighted by Gasteiger charge is -2.35. The van der Waals surface area contributed by atoms with Crippen molar-refractivity contribution in [2.45, 2.75) is 45.6 Å². The topological polar surface area (TPSA) is 38.1 Å². The zero-order valence-electron chi connectivity index (χ0n) is 11.9. The number of alkyl halides is 1. The number of hydrogen-bond donors (Lipinski definition) is 0. The van der Waals surface area contributed by atoms with Gasteiger partial charge in [-0.1, -0.05) is 0 Å². The summed E-state index contributed by atoms with van der Waals surface area (Å²) < 4.78 is 1.78. The summed E-state index contributed by atoms with van der Waals surface area (Å²) in [5.41, 5.74) is 2.53. The van der Waals surface area contributed by atoms with E-state index in [1.165, 1.54) is 6.42 Å². The molecule has 0 bridgehead atoms. The molecule has 1 atom stereocenters. The molecule has 1 aromatic heterocycles. The van der Waals surface area contributed by atoms with Gasteiger partial charge in [0.25, 0.3) is 5.91 Å². The number of rotatable bonds is 3. The highest BCUT2D eigenvalue weighted by Gasteiger charge is 2.30. The molecular formula is C14H22ClN3O. The third-order valence-corrected chi connectivity index (χ3v) is 4.27. The second kappa shape index (κ2) is 5.95. The van der Waals surface area contributed by atoms with Crippen LogP contribution in [0.25, 0.3) is 0 Å². The second-order valence-electron chi connectivity index (χ2n) is 5.30. The van der Waals surface area contributed by atoms with Gasteiger partial charge < -0.3 is 4.90 Å². The van der Waals surface area contributed by atoms with Crippen LogP contribution in [0.5, 0.6) is 0 Å². The zero-order chi connectivity index (χ0) is 14.0. The average Bonchev–Trinajstić information content (AvgIpc) is 2.64. The molecule has 19 heavy (non-hydrogen) atoms. The molecule has 1 saturated heterocycles. The fourth-order valence-corrected chi connectivity index (χ4v) is 3.17. The van der Waals surface area contributed by atoms with Crippen molar-refractivity contribution in [3.63, 3.8) is 0 Å². The number of carbonyl (C=O) groups excluding carboxylic acids is 1. The Labute approximate surface area is 119 Å². The van der Waals surface area contributed by atoms with E-state index in [9.17, 15) is 4.79 Å². The Balaban J connectivity index is 2.26. The summed E-state index contributed by atoms with van der Waals surface area (Å²) in [6, 6.07) is 0.290. The standard InChI is InChI=1S/C14H22ClN3O/c1-10-13(11(2)17(3)16-10)14(19)18-9-5-4-6-12(18)7-8-15/h12H,4-9H2,1-3H3. The van der Waals surface area contributed by atoms with Crippen LogP contribution in [0.15, 0.2) is 0 Å². The van der Waals surface area contributed by atoms with Gasteiger partial charge in [0.05, 0.1) is 11.3 Å². The number of piperidine rings is 1. The van der Waals surface area contributed by atoms with Crippen LogP contribution >= 0.6 is 11.6 Å². The number of carbonyl (C=O) groups is 1. The van der Waals surface area contributed by atoms with Crippen molar-refractivity contribution in [3.05, 3.63) is 17.0 Å². The van der Waals surface area contributed by atoms with Crippen LogP contribution in [-0.4, -0.2) is 39.1 Å². The molecule has 0 N–H and O–H groups in total. The molecule has 0 saturated carbocycles. The maximum absolute atomic E-state index is 12.8. The van der Waals surface area contributed by atoms with Crippen LogP contribution in [0.1, 0.15) is 47.4 Å². The maximum atomic E-state index is 12.8. The summed E-state index contributed by atoms with van der Waals surface area (Å²) in [5.74, 6) is 0.734. The zero-order valence-corrected chi connectivity index (χ0v) is 12.7. The minimum atomic E-state index is 0.123. The Bertz CT molecular complexity index is 468. The van der Waals surface area contributed by atoms with E-state index in [-0.39, 0.29) is 11.9 Å². The van der Waals surface area contributed by atoms with Crippen molar-refractivity contribution in [1.29, 1.82) is 0 Å². The highest BCUT2D eigenvalue weighted by atomic mass is 35.5. The van der Waals surface area contributed by atoms with E-state index in [1.54, 1.807) is 4.68 Å². The van der Waals surface area contributed by atoms with Crippen LogP contribution < -0.4 is 0 Å². The SMILES string of the molecule is Cc1nn(C)c(C)c1C(=O)N1CCCCC1CCCl. The predicted molar refractivity (Wildman–Crippen MR) is 76.7 cm³/mol. The van der Waals surface area contributed by atoms with E-state index in [4.69, 9.17) is 11.6 Å². The molecule has 106 valence electrons. The highest BCUT2D eigenvalue weighted by molar-refractivity contribution is 6.17. The number of nitrogens with zero attached hydrogens (tertiary/aromatic N) is 3. The van der Waals surface area contributed by atoms with E-state index in [1.807, 2.05) is 25.8 Å². The highest BCUT2D eigenvalue weighted by Crippen LogP contribution is 2.24. The van der Waals surface area contributed by atoms with E-state index in [0.717, 1.165) is 42.8 Å². The molecule has 1 aromatic rings. The first-order valence-electron chi connectivity index (χ1n) is 6.93. The summed E-state index contributed by atoms with van der Waals surface area (Å²) in [4.78, 5) is 14.8. The number of aromatic nitrogens is 2. The van der Waals surface area contributed by atoms with E-state index in [0.29, 0.717) is 5.88 Å². The first-order valence-corrected chi connectivity index (χ1v) is 7.46. The summed E-state index contributed by atoms with van der Waals surface area (Å²) in [6.45, 7) is 4.70. The summed E-state index contributed by atoms with van der Waals surface area (Å²) in [5, 5.41) is 4.34. The fourth-order valence-electron chi connectivity index (χ4n) is 2.92. The fraction of sp³-hybridized carbons (Fsp3) is 0.714. The third-order valence-electron chi connectivity index (χ3n) is 4.05. The maximum Gasteiger partial charge on any atom is 0.257 e. The Kier molecular flexibility index (Phi) is 4.50. The average molecular weight is 284 g/mol. The van der Waals surface area contributed by atoms with E-state index < -0.39 is 0 Å². The lowest BCUT2D eigenvalue weighted by molar-refractivity contribution is 0.0607. The van der Waals surface area contributed by atoms with Crippen LogP contribution in [-0.2, 0) is 7.05 Å². The molecule has 0 spiro atoms. The Hall–Kier alpha value is -1.03. The number of likely N-dealkylation sites (tertiary alicyclic amines) is 1. The van der Waals surface area contributed by atoms with Crippen molar-refractivity contribution in [2.24, 2.45) is 7.05 Å². The molecule has 4 nitrogen and oxygen atoms in total. The van der Waals surface area contributed by atoms with Crippen LogP contribution in [0, 0.1) is 13.8 Å². The molecule has 1 aliphatic rings. The van der Waals surface area contributed by atoms with E-state index in [2.05, 4.69) is 5.10 Å². The Morgan fingerprint density at radius 3 is 2.74 bits per heavy atom. The van der Waals surface area contributed by atoms with Gasteiger partial charge in [-0.2, -0.15) is 5.10 Å². The lowest BCUT2D eigenvalue weighted by Crippen LogP contribution is -2.44. The van der Waals surface area contributed by atoms with Gasteiger partial charge in [-0.05, 0) is 39.5 Å². The van der Waals surface area contributed by atoms with Gasteiger partial charge >= 0.3 is 0 Å². The molecular weight excluding hydrogens is 262 g/mol. The van der Waals surface area contributed by atoms with Gasteiger partial charge in [0.2, 0.25) is 0 Å². The van der Waals surface area contributed by atoms with Crippen molar-refractivity contribution in [3.8, 4) is 0 Å². The summed E-state index contributed by atoms with van der Waals surface area (Å²) in [6.07, 6.45) is 4.22. The van der Waals surface area contributed by atoms with Crippen LogP contribution in [0.2, 0.25) is 0 Å². The van der Waals surface area contributed by atoms with Gasteiger partial charge in [0, 0.05) is 31.2 Å². The monoisotopic (exact) mass is 283 g/mol. The smallest absolute Gasteiger partial charge is 0.257 e. The first-order chi connectivity index (χ1) is 9.06. The largest absolute Gasteiger partial charge is 0.336 e. The van der Waals surface area contributed by atoms with Gasteiger partial charge in [0.15, 0.2) is 0 Å². The van der Waals surface area contributed by atoms with Gasteiger partial charge in [0.1, 0.15) is 0 Å². The molecule has 1 fully saturated rings. The minimum Gasteiger partial charge on any atom is -0.336 e. The molecule has 0 aliphatic carbocycles. The number of amides is 1. The number of halogens is 1.